The van der Waals surface area contributed by atoms with E-state index in [0.29, 0.717) is 18.6 Å². The summed E-state index contributed by atoms with van der Waals surface area (Å²) >= 11 is 0. The summed E-state index contributed by atoms with van der Waals surface area (Å²) in [4.78, 5) is 22.2. The van der Waals surface area contributed by atoms with Gasteiger partial charge in [0.25, 0.3) is 0 Å². The Morgan fingerprint density at radius 3 is 2.35 bits per heavy atom. The largest absolute Gasteiger partial charge is 0.480 e. The number of hydrogen-bond donors (Lipinski definition) is 3. The number of amides is 2. The second kappa shape index (κ2) is 8.05. The van der Waals surface area contributed by atoms with E-state index in [4.69, 9.17) is 5.11 Å². The molecule has 0 aromatic rings. The number of carboxylic acid groups (broad SMARTS) is 1. The lowest BCUT2D eigenvalue weighted by molar-refractivity contribution is -0.139. The minimum atomic E-state index is -1.05. The third-order valence-electron chi connectivity index (χ3n) is 2.04. The maximum atomic E-state index is 11.4. The predicted octanol–water partition coefficient (Wildman–Crippen LogP) is 0.306. The normalized spacial score (nSPS) is 15.7. The Kier molecular flexibility index (Phi) is 7.53. The van der Waals surface area contributed by atoms with E-state index in [-0.39, 0.29) is 6.04 Å². The monoisotopic (exact) mass is 264 g/mol. The third-order valence-corrected chi connectivity index (χ3v) is 3.01. The Balaban J connectivity index is 4.14. The summed E-state index contributed by atoms with van der Waals surface area (Å²) in [5.74, 6) is -0.701. The fourth-order valence-corrected chi connectivity index (χ4v) is 2.15. The topological polar surface area (TPSA) is 95.5 Å². The molecule has 3 unspecified atom stereocenters. The predicted molar refractivity (Wildman–Crippen MR) is 66.4 cm³/mol. The van der Waals surface area contributed by atoms with Crippen molar-refractivity contribution >= 4 is 22.8 Å². The Morgan fingerprint density at radius 1 is 1.35 bits per heavy atom. The molecule has 0 saturated heterocycles. The molecule has 0 radical (unpaired) electrons. The molecule has 17 heavy (non-hydrogen) atoms. The highest BCUT2D eigenvalue weighted by molar-refractivity contribution is 7.84. The van der Waals surface area contributed by atoms with Gasteiger partial charge in [-0.2, -0.15) is 0 Å². The van der Waals surface area contributed by atoms with Crippen LogP contribution in [-0.2, 0) is 15.6 Å². The molecular formula is C10H20N2O4S. The lowest BCUT2D eigenvalue weighted by Gasteiger charge is -2.17. The molecule has 0 aliphatic rings. The van der Waals surface area contributed by atoms with Crippen molar-refractivity contribution in [3.63, 3.8) is 0 Å². The first kappa shape index (κ1) is 15.9. The Bertz CT molecular complexity index is 296. The highest BCUT2D eigenvalue weighted by atomic mass is 32.2. The van der Waals surface area contributed by atoms with Gasteiger partial charge in [0.2, 0.25) is 0 Å². The lowest BCUT2D eigenvalue weighted by Crippen LogP contribution is -2.49. The first-order chi connectivity index (χ1) is 7.86. The van der Waals surface area contributed by atoms with Crippen LogP contribution in [0.5, 0.6) is 0 Å². The fraction of sp³-hybridized carbons (Fsp3) is 0.800. The number of carbonyl (C=O) groups excluding carboxylic acids is 1. The smallest absolute Gasteiger partial charge is 0.326 e. The zero-order valence-corrected chi connectivity index (χ0v) is 11.2. The SMILES string of the molecule is CCCC(NC(=O)NC(C)CS(C)=O)C(=O)O. The minimum absolute atomic E-state index is 0.253. The molecule has 0 bridgehead atoms. The van der Waals surface area contributed by atoms with Gasteiger partial charge >= 0.3 is 12.0 Å². The van der Waals surface area contributed by atoms with Crippen LogP contribution in [0.25, 0.3) is 0 Å². The van der Waals surface area contributed by atoms with Gasteiger partial charge in [0.05, 0.1) is 0 Å². The summed E-state index contributed by atoms with van der Waals surface area (Å²) in [6, 6.07) is -1.67. The number of hydrogen-bond acceptors (Lipinski definition) is 3. The van der Waals surface area contributed by atoms with Gasteiger partial charge in [0.1, 0.15) is 6.04 Å². The van der Waals surface area contributed by atoms with E-state index in [2.05, 4.69) is 10.6 Å². The first-order valence-electron chi connectivity index (χ1n) is 5.46. The highest BCUT2D eigenvalue weighted by Gasteiger charge is 2.19. The van der Waals surface area contributed by atoms with Crippen molar-refractivity contribution < 1.29 is 18.9 Å². The Labute approximate surface area is 104 Å². The minimum Gasteiger partial charge on any atom is -0.480 e. The molecule has 0 aromatic heterocycles. The molecule has 0 rings (SSSR count). The standard InChI is InChI=1S/C10H20N2O4S/c1-4-5-8(9(13)14)12-10(15)11-7(2)6-17(3)16/h7-8H,4-6H2,1-3H3,(H,13,14)(H2,11,12,15). The second-order valence-electron chi connectivity index (χ2n) is 3.94. The van der Waals surface area contributed by atoms with E-state index in [0.717, 1.165) is 0 Å². The molecule has 0 aliphatic carbocycles. The van der Waals surface area contributed by atoms with Crippen LogP contribution in [0.1, 0.15) is 26.7 Å². The lowest BCUT2D eigenvalue weighted by atomic mass is 10.2. The van der Waals surface area contributed by atoms with Crippen molar-refractivity contribution in [3.05, 3.63) is 0 Å². The molecule has 7 heteroatoms. The van der Waals surface area contributed by atoms with E-state index in [1.165, 1.54) is 0 Å². The van der Waals surface area contributed by atoms with Crippen LogP contribution in [0, 0.1) is 0 Å². The van der Waals surface area contributed by atoms with E-state index < -0.39 is 28.8 Å². The number of nitrogens with one attached hydrogen (secondary N) is 2. The van der Waals surface area contributed by atoms with Gasteiger partial charge in [-0.25, -0.2) is 9.59 Å². The fourth-order valence-electron chi connectivity index (χ4n) is 1.36. The van der Waals surface area contributed by atoms with E-state index >= 15 is 0 Å². The Morgan fingerprint density at radius 2 is 1.94 bits per heavy atom. The number of aliphatic carboxylic acids is 1. The maximum absolute atomic E-state index is 11.4. The van der Waals surface area contributed by atoms with Gasteiger partial charge in [0.15, 0.2) is 0 Å². The van der Waals surface area contributed by atoms with Crippen molar-refractivity contribution in [3.8, 4) is 0 Å². The van der Waals surface area contributed by atoms with Crippen molar-refractivity contribution in [2.75, 3.05) is 12.0 Å². The van der Waals surface area contributed by atoms with Gasteiger partial charge in [-0.3, -0.25) is 4.21 Å². The van der Waals surface area contributed by atoms with Crippen LogP contribution >= 0.6 is 0 Å². The van der Waals surface area contributed by atoms with Crippen molar-refractivity contribution in [1.82, 2.24) is 10.6 Å². The summed E-state index contributed by atoms with van der Waals surface area (Å²) in [5.41, 5.74) is 0. The molecular weight excluding hydrogens is 244 g/mol. The number of carbonyl (C=O) groups is 2. The van der Waals surface area contributed by atoms with Gasteiger partial charge in [-0.1, -0.05) is 13.3 Å². The molecule has 2 amide bonds. The zero-order chi connectivity index (χ0) is 13.4. The molecule has 3 atom stereocenters. The zero-order valence-electron chi connectivity index (χ0n) is 10.4. The second-order valence-corrected chi connectivity index (χ2v) is 5.42. The summed E-state index contributed by atoms with van der Waals surface area (Å²) in [6.45, 7) is 3.56. The van der Waals surface area contributed by atoms with Crippen LogP contribution in [0.2, 0.25) is 0 Å². The molecule has 100 valence electrons. The third kappa shape index (κ3) is 7.73. The number of urea groups is 1. The van der Waals surface area contributed by atoms with Crippen molar-refractivity contribution in [2.24, 2.45) is 0 Å². The summed E-state index contributed by atoms with van der Waals surface area (Å²) in [6.07, 6.45) is 2.61. The van der Waals surface area contributed by atoms with Gasteiger partial charge < -0.3 is 15.7 Å². The van der Waals surface area contributed by atoms with Crippen LogP contribution in [0.3, 0.4) is 0 Å². The van der Waals surface area contributed by atoms with Crippen molar-refractivity contribution in [2.45, 2.75) is 38.8 Å². The quantitative estimate of drug-likeness (QED) is 0.616. The molecule has 6 nitrogen and oxygen atoms in total. The molecule has 0 heterocycles. The van der Waals surface area contributed by atoms with Crippen LogP contribution in [-0.4, -0.2) is 45.4 Å². The molecule has 3 N–H and O–H groups in total. The Hall–Kier alpha value is -1.11. The van der Waals surface area contributed by atoms with E-state index in [9.17, 15) is 13.8 Å². The molecule has 0 fully saturated rings. The molecule has 0 aliphatic heterocycles. The van der Waals surface area contributed by atoms with Gasteiger partial charge in [-0.15, -0.1) is 0 Å². The molecule has 0 spiro atoms. The average Bonchev–Trinajstić information content (AvgIpc) is 2.14. The first-order valence-corrected chi connectivity index (χ1v) is 7.19. The highest BCUT2D eigenvalue weighted by Crippen LogP contribution is 1.97. The van der Waals surface area contributed by atoms with Crippen LogP contribution in [0.4, 0.5) is 4.79 Å². The average molecular weight is 264 g/mol. The van der Waals surface area contributed by atoms with Crippen LogP contribution in [0.15, 0.2) is 0 Å². The van der Waals surface area contributed by atoms with E-state index in [1.54, 1.807) is 13.2 Å². The van der Waals surface area contributed by atoms with Crippen molar-refractivity contribution in [1.29, 1.82) is 0 Å². The number of carboxylic acids is 1. The van der Waals surface area contributed by atoms with Crippen LogP contribution < -0.4 is 10.6 Å². The number of rotatable bonds is 7. The molecule has 0 aromatic carbocycles. The summed E-state index contributed by atoms with van der Waals surface area (Å²) in [7, 11) is -0.996. The van der Waals surface area contributed by atoms with E-state index in [1.807, 2.05) is 6.92 Å². The molecule has 0 saturated carbocycles. The van der Waals surface area contributed by atoms with Gasteiger partial charge in [0, 0.05) is 28.9 Å². The summed E-state index contributed by atoms with van der Waals surface area (Å²) < 4.78 is 10.9. The summed E-state index contributed by atoms with van der Waals surface area (Å²) in [5, 5.41) is 13.8. The van der Waals surface area contributed by atoms with Gasteiger partial charge in [-0.05, 0) is 13.3 Å². The maximum Gasteiger partial charge on any atom is 0.326 e.